The first-order chi connectivity index (χ1) is 12.5. The smallest absolute Gasteiger partial charge is 0.265 e. The van der Waals surface area contributed by atoms with E-state index >= 15 is 0 Å². The highest BCUT2D eigenvalue weighted by Crippen LogP contribution is 2.20. The fourth-order valence-electron chi connectivity index (χ4n) is 2.49. The summed E-state index contributed by atoms with van der Waals surface area (Å²) in [4.78, 5) is 25.5. The van der Waals surface area contributed by atoms with Crippen molar-refractivity contribution in [1.82, 2.24) is 5.32 Å². The van der Waals surface area contributed by atoms with Crippen LogP contribution in [0, 0.1) is 5.82 Å². The van der Waals surface area contributed by atoms with Crippen LogP contribution in [0.2, 0.25) is 0 Å². The first-order valence-corrected chi connectivity index (χ1v) is 8.93. The van der Waals surface area contributed by atoms with Crippen molar-refractivity contribution in [3.05, 3.63) is 87.9 Å². The predicted octanol–water partition coefficient (Wildman–Crippen LogP) is 4.63. The van der Waals surface area contributed by atoms with Crippen molar-refractivity contribution in [1.29, 1.82) is 0 Å². The van der Waals surface area contributed by atoms with Crippen LogP contribution in [0.15, 0.2) is 66.0 Å². The van der Waals surface area contributed by atoms with E-state index in [-0.39, 0.29) is 23.7 Å². The van der Waals surface area contributed by atoms with Crippen LogP contribution in [-0.2, 0) is 0 Å². The maximum atomic E-state index is 13.0. The number of carbonyl (C=O) groups is 2. The van der Waals surface area contributed by atoms with Crippen LogP contribution in [0.25, 0.3) is 0 Å². The van der Waals surface area contributed by atoms with Gasteiger partial charge in [-0.05, 0) is 48.2 Å². The van der Waals surface area contributed by atoms with E-state index in [0.717, 1.165) is 5.56 Å². The Morgan fingerprint density at radius 3 is 2.38 bits per heavy atom. The van der Waals surface area contributed by atoms with Crippen molar-refractivity contribution in [3.63, 3.8) is 0 Å². The third-order valence-corrected chi connectivity index (χ3v) is 4.75. The number of halogens is 1. The van der Waals surface area contributed by atoms with Crippen LogP contribution in [0.5, 0.6) is 0 Å². The van der Waals surface area contributed by atoms with Crippen LogP contribution in [0.1, 0.15) is 38.6 Å². The van der Waals surface area contributed by atoms with Crippen molar-refractivity contribution < 1.29 is 14.0 Å². The number of benzene rings is 2. The van der Waals surface area contributed by atoms with Gasteiger partial charge in [0.25, 0.3) is 11.8 Å². The molecule has 1 aromatic heterocycles. The number of rotatable bonds is 5. The van der Waals surface area contributed by atoms with Crippen molar-refractivity contribution >= 4 is 28.8 Å². The minimum absolute atomic E-state index is 0.258. The highest BCUT2D eigenvalue weighted by atomic mass is 32.1. The van der Waals surface area contributed by atoms with Gasteiger partial charge in [-0.25, -0.2) is 4.39 Å². The summed E-state index contributed by atoms with van der Waals surface area (Å²) in [6.07, 6.45) is 0. The van der Waals surface area contributed by atoms with Gasteiger partial charge in [0.1, 0.15) is 5.82 Å². The number of anilines is 1. The van der Waals surface area contributed by atoms with Gasteiger partial charge in [0.05, 0.1) is 22.2 Å². The average molecular weight is 368 g/mol. The first-order valence-electron chi connectivity index (χ1n) is 8.05. The predicted molar refractivity (Wildman–Crippen MR) is 101 cm³/mol. The summed E-state index contributed by atoms with van der Waals surface area (Å²) < 4.78 is 13.0. The highest BCUT2D eigenvalue weighted by molar-refractivity contribution is 7.12. The molecule has 3 rings (SSSR count). The quantitative estimate of drug-likeness (QED) is 0.690. The molecular weight excluding hydrogens is 351 g/mol. The minimum atomic E-state index is -0.325. The lowest BCUT2D eigenvalue weighted by atomic mass is 10.1. The molecule has 0 spiro atoms. The maximum Gasteiger partial charge on any atom is 0.265 e. The second-order valence-electron chi connectivity index (χ2n) is 5.72. The number of carbonyl (C=O) groups excluding carboxylic acids is 2. The molecule has 0 aliphatic heterocycles. The molecule has 0 saturated heterocycles. The number of amides is 2. The Hall–Kier alpha value is -2.99. The molecule has 0 aliphatic rings. The molecule has 0 bridgehead atoms. The van der Waals surface area contributed by atoms with Crippen LogP contribution in [0.4, 0.5) is 10.1 Å². The largest absolute Gasteiger partial charge is 0.345 e. The van der Waals surface area contributed by atoms with Crippen molar-refractivity contribution in [2.24, 2.45) is 0 Å². The van der Waals surface area contributed by atoms with Gasteiger partial charge in [-0.2, -0.15) is 0 Å². The van der Waals surface area contributed by atoms with Gasteiger partial charge in [0.2, 0.25) is 0 Å². The fraction of sp³-hybridized carbons (Fsp3) is 0.100. The lowest BCUT2D eigenvalue weighted by Gasteiger charge is -2.16. The molecular formula is C20H17FN2O2S. The Morgan fingerprint density at radius 2 is 1.69 bits per heavy atom. The molecule has 2 N–H and O–H groups in total. The Kier molecular flexibility index (Phi) is 5.43. The van der Waals surface area contributed by atoms with Crippen LogP contribution < -0.4 is 10.6 Å². The molecule has 26 heavy (non-hydrogen) atoms. The summed E-state index contributed by atoms with van der Waals surface area (Å²) >= 11 is 1.33. The average Bonchev–Trinajstić information content (AvgIpc) is 3.17. The molecule has 1 unspecified atom stereocenters. The molecule has 2 amide bonds. The molecule has 1 atom stereocenters. The molecule has 0 radical (unpaired) electrons. The molecule has 6 heteroatoms. The lowest BCUT2D eigenvalue weighted by Crippen LogP contribution is -2.28. The Bertz CT molecular complexity index is 908. The van der Waals surface area contributed by atoms with Gasteiger partial charge in [-0.3, -0.25) is 9.59 Å². The number of hydrogen-bond acceptors (Lipinski definition) is 3. The summed E-state index contributed by atoms with van der Waals surface area (Å²) in [7, 11) is 0. The first kappa shape index (κ1) is 17.8. The Balaban J connectivity index is 1.75. The van der Waals surface area contributed by atoms with Gasteiger partial charge in [0.15, 0.2) is 0 Å². The zero-order valence-electron chi connectivity index (χ0n) is 14.0. The molecule has 0 fully saturated rings. The third-order valence-electron chi connectivity index (χ3n) is 3.88. The van der Waals surface area contributed by atoms with Gasteiger partial charge < -0.3 is 10.6 Å². The van der Waals surface area contributed by atoms with Gasteiger partial charge >= 0.3 is 0 Å². The maximum absolute atomic E-state index is 13.0. The second kappa shape index (κ2) is 7.93. The van der Waals surface area contributed by atoms with E-state index in [2.05, 4.69) is 10.6 Å². The summed E-state index contributed by atoms with van der Waals surface area (Å²) in [5, 5.41) is 7.46. The number of hydrogen-bond donors (Lipinski definition) is 2. The molecule has 0 aliphatic carbocycles. The molecule has 3 aromatic rings. The summed E-state index contributed by atoms with van der Waals surface area (Å²) in [6, 6.07) is 16.0. The molecule has 1 heterocycles. The van der Waals surface area contributed by atoms with Crippen LogP contribution in [0.3, 0.4) is 0 Å². The van der Waals surface area contributed by atoms with E-state index in [1.807, 2.05) is 12.3 Å². The van der Waals surface area contributed by atoms with E-state index in [1.54, 1.807) is 48.5 Å². The van der Waals surface area contributed by atoms with Crippen molar-refractivity contribution in [3.8, 4) is 0 Å². The minimum Gasteiger partial charge on any atom is -0.345 e. The van der Waals surface area contributed by atoms with Gasteiger partial charge in [-0.15, -0.1) is 11.3 Å². The highest BCUT2D eigenvalue weighted by Gasteiger charge is 2.17. The van der Waals surface area contributed by atoms with E-state index in [0.29, 0.717) is 16.1 Å². The van der Waals surface area contributed by atoms with E-state index < -0.39 is 0 Å². The van der Waals surface area contributed by atoms with Gasteiger partial charge in [0, 0.05) is 0 Å². The summed E-state index contributed by atoms with van der Waals surface area (Å²) in [5.41, 5.74) is 1.60. The van der Waals surface area contributed by atoms with Crippen molar-refractivity contribution in [2.75, 3.05) is 5.32 Å². The Labute approximate surface area is 154 Å². The normalized spacial score (nSPS) is 11.6. The van der Waals surface area contributed by atoms with E-state index in [4.69, 9.17) is 0 Å². The lowest BCUT2D eigenvalue weighted by molar-refractivity contribution is 0.0941. The summed E-state index contributed by atoms with van der Waals surface area (Å²) in [5.74, 6) is -0.898. The summed E-state index contributed by atoms with van der Waals surface area (Å²) in [6.45, 7) is 1.82. The fourth-order valence-corrected chi connectivity index (χ4v) is 3.11. The van der Waals surface area contributed by atoms with Gasteiger partial charge in [-0.1, -0.05) is 30.3 Å². The van der Waals surface area contributed by atoms with E-state index in [1.165, 1.54) is 23.5 Å². The zero-order valence-corrected chi connectivity index (χ0v) is 14.8. The topological polar surface area (TPSA) is 58.2 Å². The number of nitrogens with one attached hydrogen (secondary N) is 2. The number of thiophene rings is 1. The van der Waals surface area contributed by atoms with Crippen LogP contribution in [-0.4, -0.2) is 11.8 Å². The van der Waals surface area contributed by atoms with Crippen molar-refractivity contribution in [2.45, 2.75) is 13.0 Å². The monoisotopic (exact) mass is 368 g/mol. The molecule has 132 valence electrons. The second-order valence-corrected chi connectivity index (χ2v) is 6.67. The molecule has 4 nitrogen and oxygen atoms in total. The van der Waals surface area contributed by atoms with Crippen LogP contribution >= 0.6 is 11.3 Å². The Morgan fingerprint density at radius 1 is 0.962 bits per heavy atom. The zero-order chi connectivity index (χ0) is 18.5. The third kappa shape index (κ3) is 4.15. The SMILES string of the molecule is CC(NC(=O)c1ccccc1NC(=O)c1cccs1)c1ccc(F)cc1. The number of para-hydroxylation sites is 1. The standard InChI is InChI=1S/C20H17FN2O2S/c1-13(14-8-10-15(21)11-9-14)22-19(24)16-5-2-3-6-17(16)23-20(25)18-7-4-12-26-18/h2-13H,1H3,(H,22,24)(H,23,25). The van der Waals surface area contributed by atoms with E-state index in [9.17, 15) is 14.0 Å². The molecule has 2 aromatic carbocycles. The molecule has 0 saturated carbocycles.